The van der Waals surface area contributed by atoms with E-state index >= 15 is 0 Å². The highest BCUT2D eigenvalue weighted by molar-refractivity contribution is 7.74. The number of nitrogens with zero attached hydrogens (tertiary/aromatic N) is 1. The second-order valence-corrected chi connectivity index (χ2v) is 6.01. The zero-order valence-corrected chi connectivity index (χ0v) is 8.91. The SMILES string of the molecule is C=CP(=O)(CC)c1ccc(N=O)cc1. The normalized spacial score (nSPS) is 14.4. The van der Waals surface area contributed by atoms with Crippen LogP contribution in [-0.4, -0.2) is 6.16 Å². The van der Waals surface area contributed by atoms with Crippen LogP contribution in [0.1, 0.15) is 6.92 Å². The molecule has 0 aliphatic carbocycles. The molecule has 1 aromatic rings. The van der Waals surface area contributed by atoms with E-state index in [1.807, 2.05) is 6.92 Å². The predicted molar refractivity (Wildman–Crippen MR) is 59.9 cm³/mol. The molecule has 0 aromatic heterocycles. The molecule has 1 atom stereocenters. The smallest absolute Gasteiger partial charge is 0.135 e. The minimum atomic E-state index is -2.44. The first-order chi connectivity index (χ1) is 6.66. The summed E-state index contributed by atoms with van der Waals surface area (Å²) in [6.45, 7) is 5.43. The Morgan fingerprint density at radius 2 is 2.00 bits per heavy atom. The first kappa shape index (κ1) is 10.9. The molecule has 0 fully saturated rings. The Balaban J connectivity index is 3.13. The maximum absolute atomic E-state index is 12.1. The van der Waals surface area contributed by atoms with Gasteiger partial charge in [0, 0.05) is 11.5 Å². The van der Waals surface area contributed by atoms with Crippen LogP contribution in [0.3, 0.4) is 0 Å². The lowest BCUT2D eigenvalue weighted by Crippen LogP contribution is -2.03. The highest BCUT2D eigenvalue weighted by Gasteiger charge is 2.17. The Kier molecular flexibility index (Phi) is 3.37. The molecule has 0 N–H and O–H groups in total. The van der Waals surface area contributed by atoms with E-state index in [-0.39, 0.29) is 0 Å². The quantitative estimate of drug-likeness (QED) is 0.564. The first-order valence-corrected chi connectivity index (χ1v) is 6.28. The fourth-order valence-electron chi connectivity index (χ4n) is 1.18. The molecular weight excluding hydrogens is 197 g/mol. The molecule has 3 nitrogen and oxygen atoms in total. The lowest BCUT2D eigenvalue weighted by molar-refractivity contribution is 0.587. The van der Waals surface area contributed by atoms with Gasteiger partial charge in [0.25, 0.3) is 0 Å². The molecule has 14 heavy (non-hydrogen) atoms. The van der Waals surface area contributed by atoms with E-state index in [4.69, 9.17) is 0 Å². The van der Waals surface area contributed by atoms with Crippen LogP contribution in [0.5, 0.6) is 0 Å². The molecule has 0 saturated carbocycles. The van der Waals surface area contributed by atoms with Gasteiger partial charge in [-0.1, -0.05) is 13.5 Å². The van der Waals surface area contributed by atoms with Crippen LogP contribution in [0.25, 0.3) is 0 Å². The van der Waals surface area contributed by atoms with Crippen LogP contribution >= 0.6 is 7.14 Å². The second kappa shape index (κ2) is 4.34. The molecule has 1 aromatic carbocycles. The Morgan fingerprint density at radius 1 is 1.43 bits per heavy atom. The number of nitroso groups, excluding NO2 is 1. The van der Waals surface area contributed by atoms with E-state index in [1.165, 1.54) is 5.82 Å². The summed E-state index contributed by atoms with van der Waals surface area (Å²) in [5, 5.41) is 3.50. The number of benzene rings is 1. The van der Waals surface area contributed by atoms with Crippen molar-refractivity contribution in [1.29, 1.82) is 0 Å². The van der Waals surface area contributed by atoms with Gasteiger partial charge in [0.2, 0.25) is 0 Å². The molecule has 0 heterocycles. The molecule has 0 amide bonds. The van der Waals surface area contributed by atoms with Gasteiger partial charge in [0.05, 0.1) is 0 Å². The fourth-order valence-corrected chi connectivity index (χ4v) is 2.67. The summed E-state index contributed by atoms with van der Waals surface area (Å²) in [6.07, 6.45) is 0.546. The van der Waals surface area contributed by atoms with Gasteiger partial charge >= 0.3 is 0 Å². The molecule has 1 rings (SSSR count). The average molecular weight is 209 g/mol. The largest absolute Gasteiger partial charge is 0.314 e. The summed E-state index contributed by atoms with van der Waals surface area (Å²) in [7, 11) is -2.44. The first-order valence-electron chi connectivity index (χ1n) is 4.32. The van der Waals surface area contributed by atoms with Gasteiger partial charge in [-0.15, -0.1) is 4.91 Å². The topological polar surface area (TPSA) is 46.5 Å². The number of hydrogen-bond donors (Lipinski definition) is 0. The number of rotatable bonds is 4. The molecule has 0 bridgehead atoms. The van der Waals surface area contributed by atoms with Crippen molar-refractivity contribution in [2.24, 2.45) is 5.18 Å². The fraction of sp³-hybridized carbons (Fsp3) is 0.200. The molecule has 1 unspecified atom stereocenters. The Hall–Kier alpha value is -1.21. The Bertz CT molecular complexity index is 384. The van der Waals surface area contributed by atoms with Gasteiger partial charge in [-0.25, -0.2) is 0 Å². The van der Waals surface area contributed by atoms with Crippen LogP contribution in [0.2, 0.25) is 0 Å². The third-order valence-corrected chi connectivity index (χ3v) is 4.86. The average Bonchev–Trinajstić information content (AvgIpc) is 2.28. The van der Waals surface area contributed by atoms with Crippen molar-refractivity contribution in [3.05, 3.63) is 41.6 Å². The van der Waals surface area contributed by atoms with Gasteiger partial charge in [0.1, 0.15) is 12.8 Å². The van der Waals surface area contributed by atoms with E-state index in [9.17, 15) is 9.47 Å². The van der Waals surface area contributed by atoms with Crippen molar-refractivity contribution in [2.75, 3.05) is 6.16 Å². The highest BCUT2D eigenvalue weighted by Crippen LogP contribution is 2.44. The molecule has 0 aliphatic heterocycles. The van der Waals surface area contributed by atoms with Gasteiger partial charge in [0.15, 0.2) is 0 Å². The maximum atomic E-state index is 12.1. The van der Waals surface area contributed by atoms with Crippen molar-refractivity contribution < 1.29 is 4.57 Å². The van der Waals surface area contributed by atoms with E-state index in [1.54, 1.807) is 24.3 Å². The molecule has 0 aliphatic rings. The van der Waals surface area contributed by atoms with Gasteiger partial charge < -0.3 is 4.57 Å². The van der Waals surface area contributed by atoms with Gasteiger partial charge in [-0.2, -0.15) is 0 Å². The van der Waals surface area contributed by atoms with Gasteiger partial charge in [-0.05, 0) is 35.3 Å². The molecular formula is C10H12NO2P. The minimum Gasteiger partial charge on any atom is -0.314 e. The summed E-state index contributed by atoms with van der Waals surface area (Å²) < 4.78 is 12.1. The van der Waals surface area contributed by atoms with E-state index in [2.05, 4.69) is 11.8 Å². The molecule has 0 radical (unpaired) electrons. The summed E-state index contributed by atoms with van der Waals surface area (Å²) in [5.41, 5.74) is 0.348. The third-order valence-electron chi connectivity index (χ3n) is 2.16. The summed E-state index contributed by atoms with van der Waals surface area (Å²) in [6, 6.07) is 6.47. The summed E-state index contributed by atoms with van der Waals surface area (Å²) in [5.74, 6) is 1.50. The molecule has 74 valence electrons. The van der Waals surface area contributed by atoms with E-state index in [0.717, 1.165) is 5.30 Å². The Labute approximate surface area is 83.2 Å². The van der Waals surface area contributed by atoms with Crippen molar-refractivity contribution in [3.63, 3.8) is 0 Å². The summed E-state index contributed by atoms with van der Waals surface area (Å²) in [4.78, 5) is 10.2. The van der Waals surface area contributed by atoms with Crippen molar-refractivity contribution in [1.82, 2.24) is 0 Å². The molecule has 4 heteroatoms. The zero-order chi connectivity index (χ0) is 10.6. The van der Waals surface area contributed by atoms with Crippen molar-refractivity contribution in [3.8, 4) is 0 Å². The van der Waals surface area contributed by atoms with E-state index < -0.39 is 7.14 Å². The lowest BCUT2D eigenvalue weighted by atomic mass is 10.3. The Morgan fingerprint density at radius 3 is 2.36 bits per heavy atom. The summed E-state index contributed by atoms with van der Waals surface area (Å²) >= 11 is 0. The molecule has 0 saturated heterocycles. The lowest BCUT2D eigenvalue weighted by Gasteiger charge is -2.10. The van der Waals surface area contributed by atoms with Crippen LogP contribution in [0.4, 0.5) is 5.69 Å². The standard InChI is InChI=1S/C10H12NO2P/c1-3-14(13,4-2)10-7-5-9(11-12)6-8-10/h3,5-8H,1,4H2,2H3. The highest BCUT2D eigenvalue weighted by atomic mass is 31.2. The van der Waals surface area contributed by atoms with Gasteiger partial charge in [-0.3, -0.25) is 0 Å². The number of hydrogen-bond acceptors (Lipinski definition) is 3. The third kappa shape index (κ3) is 1.99. The van der Waals surface area contributed by atoms with Crippen LogP contribution < -0.4 is 5.30 Å². The van der Waals surface area contributed by atoms with Crippen LogP contribution in [-0.2, 0) is 4.57 Å². The maximum Gasteiger partial charge on any atom is 0.135 e. The van der Waals surface area contributed by atoms with Crippen LogP contribution in [0.15, 0.2) is 41.8 Å². The van der Waals surface area contributed by atoms with E-state index in [0.29, 0.717) is 11.8 Å². The zero-order valence-electron chi connectivity index (χ0n) is 8.01. The van der Waals surface area contributed by atoms with Crippen molar-refractivity contribution in [2.45, 2.75) is 6.92 Å². The predicted octanol–water partition coefficient (Wildman–Crippen LogP) is 3.24. The monoisotopic (exact) mass is 209 g/mol. The van der Waals surface area contributed by atoms with Crippen molar-refractivity contribution >= 4 is 18.1 Å². The van der Waals surface area contributed by atoms with Crippen LogP contribution in [0, 0.1) is 4.91 Å². The molecule has 0 spiro atoms. The minimum absolute atomic E-state index is 0.348. The second-order valence-electron chi connectivity index (χ2n) is 2.90.